The second-order valence-corrected chi connectivity index (χ2v) is 26.0. The Balaban J connectivity index is 4.86. The van der Waals surface area contributed by atoms with Crippen molar-refractivity contribution in [3.05, 3.63) is 0 Å². The van der Waals surface area contributed by atoms with Gasteiger partial charge in [-0.25, -0.2) is 0 Å². The Labute approximate surface area is 492 Å². The van der Waals surface area contributed by atoms with E-state index in [-0.39, 0.29) is 71.4 Å². The van der Waals surface area contributed by atoms with E-state index in [0.29, 0.717) is 13.0 Å². The highest BCUT2D eigenvalue weighted by Gasteiger charge is 2.30. The van der Waals surface area contributed by atoms with Gasteiger partial charge in [0.2, 0.25) is 76.8 Å². The minimum Gasteiger partial charge on any atom is -0.356 e. The van der Waals surface area contributed by atoms with Gasteiger partial charge in [-0.2, -0.15) is 0 Å². The number of likely N-dealkylation sites (N-methyl/N-ethyl adjacent to an activating group) is 10. The summed E-state index contributed by atoms with van der Waals surface area (Å²) < 4.78 is -0.482. The van der Waals surface area contributed by atoms with Crippen LogP contribution < -0.4 is 16.0 Å². The van der Waals surface area contributed by atoms with E-state index in [1.54, 1.807) is 42.4 Å². The summed E-state index contributed by atoms with van der Waals surface area (Å²) in [6.45, 7) is 13.0. The molecule has 466 valence electrons. The Morgan fingerprint density at radius 3 is 0.927 bits per heavy atom. The van der Waals surface area contributed by atoms with Crippen LogP contribution in [0.2, 0.25) is 0 Å². The van der Waals surface area contributed by atoms with Crippen LogP contribution in [0.5, 0.6) is 0 Å². The second kappa shape index (κ2) is 35.5. The molecule has 0 aromatic rings. The SMILES string of the molecule is CC(C)C(=O)NCC(C)(C)SSC(C)(C)CCC(=O)NCCC(=O)N(C)CC(=O)N(C)CC(=O)N(C)CC(=O)N(C)CC(=O)N(C)CC(=O)N(C)CC(=O)N(C)CC(=O)N(C)CC(=O)N(C)CC(=O)N(C)CC(=O)N[C@@H](C)C(=O)C(C)C. The third-order valence-corrected chi connectivity index (χ3v) is 17.0. The van der Waals surface area contributed by atoms with E-state index < -0.39 is 123 Å². The summed E-state index contributed by atoms with van der Waals surface area (Å²) in [4.78, 5) is 189. The fourth-order valence-electron chi connectivity index (χ4n) is 6.67. The van der Waals surface area contributed by atoms with Crippen molar-refractivity contribution in [2.45, 2.75) is 97.1 Å². The lowest BCUT2D eigenvalue weighted by Crippen LogP contribution is -2.49. The van der Waals surface area contributed by atoms with Crippen LogP contribution in [-0.4, -0.2) is 296 Å². The summed E-state index contributed by atoms with van der Waals surface area (Å²) in [7, 11) is 16.7. The summed E-state index contributed by atoms with van der Waals surface area (Å²) in [5, 5.41) is 8.25. The monoisotopic (exact) mass is 1200 g/mol. The largest absolute Gasteiger partial charge is 0.356 e. The van der Waals surface area contributed by atoms with Gasteiger partial charge < -0.3 is 64.9 Å². The molecule has 82 heavy (non-hydrogen) atoms. The minimum absolute atomic E-state index is 0.00922. The van der Waals surface area contributed by atoms with E-state index in [1.165, 1.54) is 75.4 Å². The van der Waals surface area contributed by atoms with E-state index >= 15 is 0 Å². The molecule has 0 aromatic heterocycles. The number of hydrogen-bond donors (Lipinski definition) is 3. The molecule has 0 radical (unpaired) electrons. The summed E-state index contributed by atoms with van der Waals surface area (Å²) in [6.07, 6.45) is 0.743. The van der Waals surface area contributed by atoms with Gasteiger partial charge in [-0.05, 0) is 41.0 Å². The maximum atomic E-state index is 13.0. The van der Waals surface area contributed by atoms with Crippen molar-refractivity contribution in [3.63, 3.8) is 0 Å². The molecule has 0 aliphatic carbocycles. The number of carbonyl (C=O) groups excluding carboxylic acids is 14. The molecule has 0 saturated carbocycles. The predicted octanol–water partition coefficient (Wildman–Crippen LogP) is -1.70. The highest BCUT2D eigenvalue weighted by atomic mass is 33.1. The Bertz CT molecular complexity index is 2300. The molecule has 0 saturated heterocycles. The van der Waals surface area contributed by atoms with Gasteiger partial charge in [0.25, 0.3) is 0 Å². The third kappa shape index (κ3) is 29.5. The number of ketones is 1. The summed E-state index contributed by atoms with van der Waals surface area (Å²) in [5.74, 6) is -7.29. The van der Waals surface area contributed by atoms with Crippen molar-refractivity contribution in [1.29, 1.82) is 0 Å². The lowest BCUT2D eigenvalue weighted by molar-refractivity contribution is -0.146. The molecule has 0 fully saturated rings. The molecule has 0 aliphatic heterocycles. The molecule has 0 aliphatic rings. The van der Waals surface area contributed by atoms with Gasteiger partial charge in [0.05, 0.1) is 71.5 Å². The molecule has 0 aromatic carbocycles. The molecule has 3 N–H and O–H groups in total. The molecule has 13 amide bonds. The number of carbonyl (C=O) groups is 14. The van der Waals surface area contributed by atoms with Gasteiger partial charge in [0.15, 0.2) is 5.78 Å². The standard InChI is InChI=1S/C53H93N13O14S2/c1-35(2)50(79)37(5)56-39(68)24-57(10)41(70)26-59(12)43(72)28-61(14)45(74)30-63(16)47(76)32-65(18)49(78)33-66(19)48(77)31-64(17)46(75)29-62(15)44(73)27-60(13)42(71)25-58(11)40(69)21-23-54-38(67)20-22-52(6,7)81-82-53(8,9)34-55-51(80)36(3)4/h35-37H,20-34H2,1-19H3,(H,54,67)(H,55,80)(H,56,68)/t37-/m0/s1. The zero-order valence-corrected chi connectivity index (χ0v) is 53.5. The quantitative estimate of drug-likeness (QED) is 0.0596. The summed E-state index contributed by atoms with van der Waals surface area (Å²) in [6, 6.07) is -0.741. The first-order valence-corrected chi connectivity index (χ1v) is 28.9. The van der Waals surface area contributed by atoms with E-state index in [9.17, 15) is 67.1 Å². The fraction of sp³-hybridized carbons (Fsp3) is 0.736. The topological polar surface area (TPSA) is 307 Å². The molecule has 0 rings (SSSR count). The van der Waals surface area contributed by atoms with E-state index in [2.05, 4.69) is 16.0 Å². The second-order valence-electron chi connectivity index (χ2n) is 22.5. The maximum absolute atomic E-state index is 13.0. The lowest BCUT2D eigenvalue weighted by atomic mass is 10.0. The molecule has 0 heterocycles. The van der Waals surface area contributed by atoms with Crippen LogP contribution in [0.1, 0.15) is 81.6 Å². The molecule has 0 bridgehead atoms. The van der Waals surface area contributed by atoms with Crippen molar-refractivity contribution >= 4 is 104 Å². The van der Waals surface area contributed by atoms with Crippen molar-refractivity contribution in [2.24, 2.45) is 11.8 Å². The Hall–Kier alpha value is -6.52. The number of nitrogens with one attached hydrogen (secondary N) is 3. The van der Waals surface area contributed by atoms with Crippen LogP contribution in [0, 0.1) is 11.8 Å². The maximum Gasteiger partial charge on any atom is 0.242 e. The van der Waals surface area contributed by atoms with Gasteiger partial charge in [0.1, 0.15) is 0 Å². The Morgan fingerprint density at radius 1 is 0.354 bits per heavy atom. The van der Waals surface area contributed by atoms with Crippen LogP contribution in [0.4, 0.5) is 0 Å². The van der Waals surface area contributed by atoms with Gasteiger partial charge >= 0.3 is 0 Å². The smallest absolute Gasteiger partial charge is 0.242 e. The van der Waals surface area contributed by atoms with Gasteiger partial charge in [-0.15, -0.1) is 0 Å². The van der Waals surface area contributed by atoms with Gasteiger partial charge in [-0.1, -0.05) is 49.3 Å². The molecular weight excluding hydrogens is 1110 g/mol. The highest BCUT2D eigenvalue weighted by molar-refractivity contribution is 8.77. The first-order chi connectivity index (χ1) is 37.6. The van der Waals surface area contributed by atoms with Crippen LogP contribution in [0.3, 0.4) is 0 Å². The number of amides is 13. The minimum atomic E-state index is -0.741. The Morgan fingerprint density at radius 2 is 0.634 bits per heavy atom. The van der Waals surface area contributed by atoms with Crippen LogP contribution >= 0.6 is 21.6 Å². The fourth-order valence-corrected chi connectivity index (χ4v) is 9.22. The third-order valence-electron chi connectivity index (χ3n) is 12.7. The number of rotatable bonds is 35. The normalized spacial score (nSPS) is 11.6. The van der Waals surface area contributed by atoms with Crippen molar-refractivity contribution < 1.29 is 67.1 Å². The average Bonchev–Trinajstić information content (AvgIpc) is 3.37. The lowest BCUT2D eigenvalue weighted by Gasteiger charge is -2.30. The number of Topliss-reactive ketones (excluding diaryl/α,β-unsaturated/α-hetero) is 1. The molecule has 27 nitrogen and oxygen atoms in total. The number of hydrogen-bond acceptors (Lipinski definition) is 16. The predicted molar refractivity (Wildman–Crippen MR) is 312 cm³/mol. The molecule has 0 unspecified atom stereocenters. The first-order valence-electron chi connectivity index (χ1n) is 26.8. The van der Waals surface area contributed by atoms with E-state index in [4.69, 9.17) is 0 Å². The van der Waals surface area contributed by atoms with E-state index in [0.717, 1.165) is 44.1 Å². The van der Waals surface area contributed by atoms with Gasteiger partial charge in [0, 0.05) is 118 Å². The molecular formula is C53H93N13O14S2. The summed E-state index contributed by atoms with van der Waals surface area (Å²) >= 11 is 0. The van der Waals surface area contributed by atoms with Gasteiger partial charge in [-0.3, -0.25) is 67.1 Å². The average molecular weight is 1200 g/mol. The zero-order valence-electron chi connectivity index (χ0n) is 51.8. The molecule has 0 spiro atoms. The molecule has 29 heteroatoms. The van der Waals surface area contributed by atoms with Crippen LogP contribution in [-0.2, 0) is 67.1 Å². The van der Waals surface area contributed by atoms with E-state index in [1.807, 2.05) is 41.5 Å². The molecule has 1 atom stereocenters. The Kier molecular flexibility index (Phi) is 32.6. The van der Waals surface area contributed by atoms with Crippen LogP contribution in [0.15, 0.2) is 0 Å². The van der Waals surface area contributed by atoms with Crippen molar-refractivity contribution in [2.75, 3.05) is 149 Å². The van der Waals surface area contributed by atoms with Crippen LogP contribution in [0.25, 0.3) is 0 Å². The number of nitrogens with zero attached hydrogens (tertiary/aromatic N) is 10. The zero-order chi connectivity index (χ0) is 63.7. The van der Waals surface area contributed by atoms with Crippen molar-refractivity contribution in [1.82, 2.24) is 64.9 Å². The summed E-state index contributed by atoms with van der Waals surface area (Å²) in [5.41, 5.74) is 0. The first kappa shape index (κ1) is 75.5. The van der Waals surface area contributed by atoms with Crippen molar-refractivity contribution in [3.8, 4) is 0 Å². The highest BCUT2D eigenvalue weighted by Crippen LogP contribution is 2.45.